The number of nitrogens with zero attached hydrogens (tertiary/aromatic N) is 1. The Morgan fingerprint density at radius 3 is 2.39 bits per heavy atom. The van der Waals surface area contributed by atoms with Gasteiger partial charge in [0.1, 0.15) is 0 Å². The molecule has 122 valence electrons. The number of urea groups is 1. The van der Waals surface area contributed by atoms with Crippen LogP contribution < -0.4 is 19.7 Å². The van der Waals surface area contributed by atoms with E-state index in [-0.39, 0.29) is 6.03 Å². The van der Waals surface area contributed by atoms with Crippen LogP contribution in [-0.2, 0) is 6.42 Å². The zero-order valence-electron chi connectivity index (χ0n) is 13.7. The first-order valence-electron chi connectivity index (χ1n) is 7.43. The van der Waals surface area contributed by atoms with Crippen molar-refractivity contribution in [1.29, 1.82) is 0 Å². The number of benzene rings is 2. The normalized spacial score (nSPS) is 10.0. The molecule has 1 N–H and O–H groups in total. The summed E-state index contributed by atoms with van der Waals surface area (Å²) in [6.07, 6.45) is 0.717. The third-order valence-electron chi connectivity index (χ3n) is 3.59. The molecule has 0 spiro atoms. The van der Waals surface area contributed by atoms with Gasteiger partial charge in [-0.05, 0) is 36.2 Å². The van der Waals surface area contributed by atoms with Gasteiger partial charge in [-0.2, -0.15) is 0 Å². The van der Waals surface area contributed by atoms with Crippen molar-refractivity contribution in [2.45, 2.75) is 6.42 Å². The molecular weight excluding hydrogens is 292 g/mol. The monoisotopic (exact) mass is 314 g/mol. The molecule has 5 nitrogen and oxygen atoms in total. The predicted octanol–water partition coefficient (Wildman–Crippen LogP) is 3.09. The molecule has 5 heteroatoms. The summed E-state index contributed by atoms with van der Waals surface area (Å²) in [5, 5.41) is 2.91. The van der Waals surface area contributed by atoms with E-state index >= 15 is 0 Å². The molecule has 0 atom stereocenters. The Morgan fingerprint density at radius 1 is 1.04 bits per heavy atom. The molecule has 2 aromatic rings. The second-order valence-corrected chi connectivity index (χ2v) is 5.07. The fourth-order valence-electron chi connectivity index (χ4n) is 2.24. The van der Waals surface area contributed by atoms with Crippen molar-refractivity contribution in [3.63, 3.8) is 0 Å². The highest BCUT2D eigenvalue weighted by atomic mass is 16.5. The Kier molecular flexibility index (Phi) is 5.86. The van der Waals surface area contributed by atoms with Crippen molar-refractivity contribution in [3.8, 4) is 11.5 Å². The first kappa shape index (κ1) is 16.7. The maximum atomic E-state index is 12.1. The van der Waals surface area contributed by atoms with Gasteiger partial charge in [-0.25, -0.2) is 4.79 Å². The summed E-state index contributed by atoms with van der Waals surface area (Å²) < 4.78 is 10.5. The number of methoxy groups -OCH3 is 2. The summed E-state index contributed by atoms with van der Waals surface area (Å²) in [5.74, 6) is 1.39. The lowest BCUT2D eigenvalue weighted by atomic mass is 10.1. The fraction of sp³-hybridized carbons (Fsp3) is 0.278. The molecule has 0 aromatic heterocycles. The van der Waals surface area contributed by atoms with E-state index in [9.17, 15) is 4.79 Å². The number of para-hydroxylation sites is 1. The van der Waals surface area contributed by atoms with Crippen LogP contribution in [0.4, 0.5) is 10.5 Å². The third kappa shape index (κ3) is 4.39. The van der Waals surface area contributed by atoms with Gasteiger partial charge in [0.15, 0.2) is 11.5 Å². The van der Waals surface area contributed by atoms with Crippen molar-refractivity contribution in [1.82, 2.24) is 5.32 Å². The number of anilines is 1. The van der Waals surface area contributed by atoms with Crippen LogP contribution in [0, 0.1) is 0 Å². The molecule has 23 heavy (non-hydrogen) atoms. The molecule has 0 fully saturated rings. The smallest absolute Gasteiger partial charge is 0.321 e. The topological polar surface area (TPSA) is 50.8 Å². The van der Waals surface area contributed by atoms with E-state index in [1.165, 1.54) is 0 Å². The fourth-order valence-corrected chi connectivity index (χ4v) is 2.24. The van der Waals surface area contributed by atoms with Crippen LogP contribution >= 0.6 is 0 Å². The molecule has 0 aliphatic rings. The second kappa shape index (κ2) is 8.08. The molecule has 0 radical (unpaired) electrons. The van der Waals surface area contributed by atoms with E-state index in [1.807, 2.05) is 48.5 Å². The molecular formula is C18H22N2O3. The summed E-state index contributed by atoms with van der Waals surface area (Å²) in [6, 6.07) is 15.2. The Morgan fingerprint density at radius 2 is 1.74 bits per heavy atom. The molecule has 0 aliphatic heterocycles. The second-order valence-electron chi connectivity index (χ2n) is 5.07. The first-order valence-corrected chi connectivity index (χ1v) is 7.43. The average molecular weight is 314 g/mol. The van der Waals surface area contributed by atoms with E-state index < -0.39 is 0 Å². The van der Waals surface area contributed by atoms with Crippen molar-refractivity contribution in [3.05, 3.63) is 54.1 Å². The zero-order valence-corrected chi connectivity index (χ0v) is 13.7. The van der Waals surface area contributed by atoms with Gasteiger partial charge < -0.3 is 14.8 Å². The summed E-state index contributed by atoms with van der Waals surface area (Å²) in [7, 11) is 4.97. The summed E-state index contributed by atoms with van der Waals surface area (Å²) in [4.78, 5) is 13.7. The lowest BCUT2D eigenvalue weighted by Crippen LogP contribution is -2.38. The van der Waals surface area contributed by atoms with E-state index in [1.54, 1.807) is 26.2 Å². The maximum absolute atomic E-state index is 12.1. The molecule has 0 unspecified atom stereocenters. The van der Waals surface area contributed by atoms with Crippen molar-refractivity contribution in [2.75, 3.05) is 32.7 Å². The number of nitrogens with one attached hydrogen (secondary N) is 1. The van der Waals surface area contributed by atoms with Crippen LogP contribution in [-0.4, -0.2) is 33.8 Å². The lowest BCUT2D eigenvalue weighted by molar-refractivity contribution is 0.247. The molecule has 0 aliphatic carbocycles. The van der Waals surface area contributed by atoms with Gasteiger partial charge >= 0.3 is 6.03 Å². The van der Waals surface area contributed by atoms with Crippen LogP contribution in [0.15, 0.2) is 48.5 Å². The van der Waals surface area contributed by atoms with Crippen LogP contribution in [0.25, 0.3) is 0 Å². The molecule has 2 aromatic carbocycles. The van der Waals surface area contributed by atoms with Gasteiger partial charge in [-0.3, -0.25) is 4.90 Å². The van der Waals surface area contributed by atoms with Gasteiger partial charge in [0.05, 0.1) is 14.2 Å². The number of amides is 2. The molecule has 2 amide bonds. The van der Waals surface area contributed by atoms with Crippen LogP contribution in [0.3, 0.4) is 0 Å². The van der Waals surface area contributed by atoms with Gasteiger partial charge in [0, 0.05) is 19.3 Å². The SMILES string of the molecule is COc1ccc(CCNC(=O)N(C)c2ccccc2)cc1OC. The number of carbonyl (C=O) groups excluding carboxylic acids is 1. The minimum absolute atomic E-state index is 0.128. The molecule has 2 rings (SSSR count). The Labute approximate surface area is 136 Å². The van der Waals surface area contributed by atoms with E-state index in [4.69, 9.17) is 9.47 Å². The van der Waals surface area contributed by atoms with E-state index in [0.29, 0.717) is 24.5 Å². The molecule has 0 saturated carbocycles. The average Bonchev–Trinajstić information content (AvgIpc) is 2.61. The lowest BCUT2D eigenvalue weighted by Gasteiger charge is -2.18. The highest BCUT2D eigenvalue weighted by Crippen LogP contribution is 2.27. The van der Waals surface area contributed by atoms with Gasteiger partial charge in [0.2, 0.25) is 0 Å². The van der Waals surface area contributed by atoms with Gasteiger partial charge in [-0.1, -0.05) is 24.3 Å². The summed E-state index contributed by atoms with van der Waals surface area (Å²) >= 11 is 0. The van der Waals surface area contributed by atoms with Crippen LogP contribution in [0.2, 0.25) is 0 Å². The number of rotatable bonds is 6. The quantitative estimate of drug-likeness (QED) is 0.891. The largest absolute Gasteiger partial charge is 0.493 e. The highest BCUT2D eigenvalue weighted by molar-refractivity contribution is 5.91. The van der Waals surface area contributed by atoms with Crippen LogP contribution in [0.5, 0.6) is 11.5 Å². The Hall–Kier alpha value is -2.69. The molecule has 0 bridgehead atoms. The predicted molar refractivity (Wildman–Crippen MR) is 91.5 cm³/mol. The number of hydrogen-bond acceptors (Lipinski definition) is 3. The minimum atomic E-state index is -0.128. The van der Waals surface area contributed by atoms with Gasteiger partial charge in [-0.15, -0.1) is 0 Å². The third-order valence-corrected chi connectivity index (χ3v) is 3.59. The Bertz CT molecular complexity index is 644. The summed E-state index contributed by atoms with van der Waals surface area (Å²) in [6.45, 7) is 0.547. The number of carbonyl (C=O) groups is 1. The zero-order chi connectivity index (χ0) is 16.7. The van der Waals surface area contributed by atoms with Crippen molar-refractivity contribution < 1.29 is 14.3 Å². The van der Waals surface area contributed by atoms with Crippen molar-refractivity contribution >= 4 is 11.7 Å². The number of hydrogen-bond donors (Lipinski definition) is 1. The van der Waals surface area contributed by atoms with E-state index in [0.717, 1.165) is 11.3 Å². The van der Waals surface area contributed by atoms with Crippen molar-refractivity contribution in [2.24, 2.45) is 0 Å². The summed E-state index contributed by atoms with van der Waals surface area (Å²) in [5.41, 5.74) is 1.93. The van der Waals surface area contributed by atoms with E-state index in [2.05, 4.69) is 5.32 Å². The Balaban J connectivity index is 1.88. The van der Waals surface area contributed by atoms with Gasteiger partial charge in [0.25, 0.3) is 0 Å². The molecule has 0 saturated heterocycles. The number of ether oxygens (including phenoxy) is 2. The highest BCUT2D eigenvalue weighted by Gasteiger charge is 2.10. The maximum Gasteiger partial charge on any atom is 0.321 e. The molecule has 0 heterocycles. The van der Waals surface area contributed by atoms with Crippen LogP contribution in [0.1, 0.15) is 5.56 Å². The first-order chi connectivity index (χ1) is 11.2. The standard InChI is InChI=1S/C18H22N2O3/c1-20(15-7-5-4-6-8-15)18(21)19-12-11-14-9-10-16(22-2)17(13-14)23-3/h4-10,13H,11-12H2,1-3H3,(H,19,21). The minimum Gasteiger partial charge on any atom is -0.493 e.